The summed E-state index contributed by atoms with van der Waals surface area (Å²) in [5.74, 6) is 1.48. The normalized spacial score (nSPS) is 11.6. The maximum Gasteiger partial charge on any atom is 0.243 e. The molecule has 6 heteroatoms. The highest BCUT2D eigenvalue weighted by atomic mass is 79.9. The quantitative estimate of drug-likeness (QED) is 0.255. The van der Waals surface area contributed by atoms with Gasteiger partial charge in [0.1, 0.15) is 6.04 Å². The topological polar surface area (TPSA) is 49.4 Å². The Morgan fingerprint density at radius 3 is 2.14 bits per heavy atom. The smallest absolute Gasteiger partial charge is 0.243 e. The maximum absolute atomic E-state index is 13.6. The third kappa shape index (κ3) is 9.19. The summed E-state index contributed by atoms with van der Waals surface area (Å²) in [6.07, 6.45) is 1.72. The molecular weight excluding hydrogens is 520 g/mol. The first-order chi connectivity index (χ1) is 17.1. The summed E-state index contributed by atoms with van der Waals surface area (Å²) in [6.45, 7) is 3.02. The number of carbonyl (C=O) groups excluding carboxylic acids is 2. The number of carbonyl (C=O) groups is 2. The lowest BCUT2D eigenvalue weighted by Crippen LogP contribution is -2.50. The lowest BCUT2D eigenvalue weighted by atomic mass is 10.0. The van der Waals surface area contributed by atoms with E-state index >= 15 is 0 Å². The first-order valence-corrected chi connectivity index (χ1v) is 14.0. The van der Waals surface area contributed by atoms with Gasteiger partial charge in [-0.1, -0.05) is 95.7 Å². The van der Waals surface area contributed by atoms with Crippen molar-refractivity contribution < 1.29 is 9.59 Å². The lowest BCUT2D eigenvalue weighted by molar-refractivity contribution is -0.141. The van der Waals surface area contributed by atoms with Crippen molar-refractivity contribution in [2.45, 2.75) is 44.5 Å². The summed E-state index contributed by atoms with van der Waals surface area (Å²) in [7, 11) is 0. The van der Waals surface area contributed by atoms with E-state index in [4.69, 9.17) is 0 Å². The average Bonchev–Trinajstić information content (AvgIpc) is 2.89. The molecule has 184 valence electrons. The van der Waals surface area contributed by atoms with Gasteiger partial charge in [0, 0.05) is 41.9 Å². The van der Waals surface area contributed by atoms with Crippen LogP contribution in [0.5, 0.6) is 0 Å². The number of nitrogens with one attached hydrogen (secondary N) is 1. The second-order valence-electron chi connectivity index (χ2n) is 8.43. The highest BCUT2D eigenvalue weighted by molar-refractivity contribution is 9.10. The molecule has 0 radical (unpaired) electrons. The van der Waals surface area contributed by atoms with E-state index in [0.717, 1.165) is 27.8 Å². The molecule has 1 atom stereocenters. The van der Waals surface area contributed by atoms with Crippen molar-refractivity contribution in [3.8, 4) is 0 Å². The number of halogens is 1. The van der Waals surface area contributed by atoms with E-state index in [1.165, 1.54) is 5.56 Å². The Morgan fingerprint density at radius 1 is 0.886 bits per heavy atom. The van der Waals surface area contributed by atoms with E-state index < -0.39 is 6.04 Å². The van der Waals surface area contributed by atoms with Gasteiger partial charge in [-0.05, 0) is 35.2 Å². The molecule has 0 saturated carbocycles. The lowest BCUT2D eigenvalue weighted by Gasteiger charge is -2.31. The minimum absolute atomic E-state index is 0.000981. The Bertz CT molecular complexity index is 1050. The number of thioether (sulfide) groups is 1. The maximum atomic E-state index is 13.6. The third-order valence-corrected chi connectivity index (χ3v) is 7.22. The summed E-state index contributed by atoms with van der Waals surface area (Å²) in [5.41, 5.74) is 3.29. The largest absolute Gasteiger partial charge is 0.354 e. The Kier molecular flexibility index (Phi) is 11.4. The van der Waals surface area contributed by atoms with Crippen LogP contribution in [0, 0.1) is 0 Å². The van der Waals surface area contributed by atoms with Crippen LogP contribution in [-0.2, 0) is 28.3 Å². The number of hydrogen-bond acceptors (Lipinski definition) is 3. The van der Waals surface area contributed by atoms with Crippen LogP contribution in [0.3, 0.4) is 0 Å². The summed E-state index contributed by atoms with van der Waals surface area (Å²) in [4.78, 5) is 28.6. The standard InChI is InChI=1S/C29H33BrN2O2S/c1-2-18-31-29(34)27(20-23-9-5-3-6-10-23)32(21-24-13-15-26(30)16-14-24)28(33)17-19-35-22-25-11-7-4-8-12-25/h3-16,27H,2,17-22H2,1H3,(H,31,34)/t27-/m1/s1. The van der Waals surface area contributed by atoms with Crippen LogP contribution < -0.4 is 5.32 Å². The van der Waals surface area contributed by atoms with E-state index in [9.17, 15) is 9.59 Å². The van der Waals surface area contributed by atoms with E-state index in [1.807, 2.05) is 79.7 Å². The van der Waals surface area contributed by atoms with Gasteiger partial charge in [0.25, 0.3) is 0 Å². The van der Waals surface area contributed by atoms with Crippen LogP contribution in [0.2, 0.25) is 0 Å². The van der Waals surface area contributed by atoms with Crippen molar-refractivity contribution in [3.05, 3.63) is 106 Å². The van der Waals surface area contributed by atoms with Gasteiger partial charge < -0.3 is 10.2 Å². The van der Waals surface area contributed by atoms with Crippen molar-refractivity contribution in [1.29, 1.82) is 0 Å². The first-order valence-electron chi connectivity index (χ1n) is 12.0. The zero-order chi connectivity index (χ0) is 24.9. The SMILES string of the molecule is CCCNC(=O)[C@@H](Cc1ccccc1)N(Cc1ccc(Br)cc1)C(=O)CCSCc1ccccc1. The van der Waals surface area contributed by atoms with Crippen LogP contribution in [-0.4, -0.2) is 35.1 Å². The van der Waals surface area contributed by atoms with Crippen molar-refractivity contribution >= 4 is 39.5 Å². The van der Waals surface area contributed by atoms with Gasteiger partial charge in [-0.3, -0.25) is 9.59 Å². The number of nitrogens with zero attached hydrogens (tertiary/aromatic N) is 1. The molecule has 0 spiro atoms. The minimum atomic E-state index is -0.570. The molecule has 0 aliphatic rings. The Balaban J connectivity index is 1.77. The predicted molar refractivity (Wildman–Crippen MR) is 149 cm³/mol. The number of rotatable bonds is 13. The molecule has 4 nitrogen and oxygen atoms in total. The van der Waals surface area contributed by atoms with Crippen molar-refractivity contribution in [1.82, 2.24) is 10.2 Å². The van der Waals surface area contributed by atoms with Crippen LogP contribution in [0.15, 0.2) is 89.4 Å². The van der Waals surface area contributed by atoms with Crippen LogP contribution in [0.25, 0.3) is 0 Å². The van der Waals surface area contributed by atoms with Crippen LogP contribution in [0.4, 0.5) is 0 Å². The molecule has 2 amide bonds. The summed E-state index contributed by atoms with van der Waals surface area (Å²) in [5, 5.41) is 3.03. The highest BCUT2D eigenvalue weighted by Crippen LogP contribution is 2.19. The molecular formula is C29H33BrN2O2S. The molecule has 35 heavy (non-hydrogen) atoms. The highest BCUT2D eigenvalue weighted by Gasteiger charge is 2.30. The molecule has 0 aliphatic carbocycles. The molecule has 0 unspecified atom stereocenters. The summed E-state index contributed by atoms with van der Waals surface area (Å²) in [6, 6.07) is 27.6. The van der Waals surface area contributed by atoms with E-state index in [0.29, 0.717) is 31.7 Å². The molecule has 3 aromatic carbocycles. The molecule has 1 N–H and O–H groups in total. The summed E-state index contributed by atoms with van der Waals surface area (Å²) >= 11 is 5.22. The molecule has 3 aromatic rings. The number of benzene rings is 3. The second kappa shape index (κ2) is 14.7. The van der Waals surface area contributed by atoms with Gasteiger partial charge >= 0.3 is 0 Å². The molecule has 0 bridgehead atoms. The Labute approximate surface area is 221 Å². The van der Waals surface area contributed by atoms with E-state index in [2.05, 4.69) is 33.4 Å². The Morgan fingerprint density at radius 2 is 1.51 bits per heavy atom. The zero-order valence-electron chi connectivity index (χ0n) is 20.2. The average molecular weight is 554 g/mol. The van der Waals surface area contributed by atoms with Gasteiger partial charge in [-0.2, -0.15) is 11.8 Å². The third-order valence-electron chi connectivity index (χ3n) is 5.66. The van der Waals surface area contributed by atoms with Gasteiger partial charge in [0.2, 0.25) is 11.8 Å². The van der Waals surface area contributed by atoms with Gasteiger partial charge in [-0.25, -0.2) is 0 Å². The van der Waals surface area contributed by atoms with Crippen LogP contribution >= 0.6 is 27.7 Å². The van der Waals surface area contributed by atoms with E-state index in [-0.39, 0.29) is 11.8 Å². The fourth-order valence-electron chi connectivity index (χ4n) is 3.77. The fraction of sp³-hybridized carbons (Fsp3) is 0.310. The second-order valence-corrected chi connectivity index (χ2v) is 10.5. The van der Waals surface area contributed by atoms with Crippen molar-refractivity contribution in [2.75, 3.05) is 12.3 Å². The van der Waals surface area contributed by atoms with E-state index in [1.54, 1.807) is 16.7 Å². The molecule has 0 heterocycles. The predicted octanol–water partition coefficient (Wildman–Crippen LogP) is 6.24. The van der Waals surface area contributed by atoms with Gasteiger partial charge in [-0.15, -0.1) is 0 Å². The van der Waals surface area contributed by atoms with Crippen LogP contribution in [0.1, 0.15) is 36.5 Å². The number of amides is 2. The van der Waals surface area contributed by atoms with Crippen molar-refractivity contribution in [3.63, 3.8) is 0 Å². The molecule has 0 aromatic heterocycles. The van der Waals surface area contributed by atoms with Crippen molar-refractivity contribution in [2.24, 2.45) is 0 Å². The monoisotopic (exact) mass is 552 g/mol. The van der Waals surface area contributed by atoms with Gasteiger partial charge in [0.15, 0.2) is 0 Å². The molecule has 0 fully saturated rings. The first kappa shape index (κ1) is 27.0. The minimum Gasteiger partial charge on any atom is -0.354 e. The summed E-state index contributed by atoms with van der Waals surface area (Å²) < 4.78 is 0.984. The van der Waals surface area contributed by atoms with Gasteiger partial charge in [0.05, 0.1) is 0 Å². The number of hydrogen-bond donors (Lipinski definition) is 1. The molecule has 3 rings (SSSR count). The Hall–Kier alpha value is -2.57. The molecule has 0 saturated heterocycles. The molecule has 0 aliphatic heterocycles. The fourth-order valence-corrected chi connectivity index (χ4v) is 4.93. The zero-order valence-corrected chi connectivity index (χ0v) is 22.6.